The van der Waals surface area contributed by atoms with Gasteiger partial charge in [0.2, 0.25) is 0 Å². The minimum absolute atomic E-state index is 0.0905. The van der Waals surface area contributed by atoms with Gasteiger partial charge in [-0.1, -0.05) is 48.5 Å². The molecule has 2 saturated heterocycles. The molecule has 3 heterocycles. The van der Waals surface area contributed by atoms with E-state index in [2.05, 4.69) is 4.90 Å². The molecule has 1 amide bonds. The third-order valence-corrected chi connectivity index (χ3v) is 6.12. The van der Waals surface area contributed by atoms with Crippen LogP contribution in [0.5, 0.6) is 0 Å². The number of amides is 1. The Bertz CT molecular complexity index is 977. The Hall–Kier alpha value is -2.92. The van der Waals surface area contributed by atoms with Gasteiger partial charge < -0.3 is 4.90 Å². The molecule has 0 N–H and O–H groups in total. The molecule has 5 nitrogen and oxygen atoms in total. The zero-order chi connectivity index (χ0) is 19.6. The number of hydrogen-bond acceptors (Lipinski definition) is 3. The third kappa shape index (κ3) is 3.58. The van der Waals surface area contributed by atoms with Crippen LogP contribution >= 0.6 is 0 Å². The first-order valence-electron chi connectivity index (χ1n) is 10.5. The van der Waals surface area contributed by atoms with Gasteiger partial charge in [-0.2, -0.15) is 5.10 Å². The number of carbonyl (C=O) groups is 1. The molecular formula is C24H26N4O. The molecule has 0 bridgehead atoms. The second-order valence-corrected chi connectivity index (χ2v) is 7.97. The summed E-state index contributed by atoms with van der Waals surface area (Å²) in [7, 11) is 0. The Morgan fingerprint density at radius 1 is 0.897 bits per heavy atom. The Balaban J connectivity index is 1.46. The van der Waals surface area contributed by atoms with Crippen molar-refractivity contribution in [2.24, 2.45) is 0 Å². The summed E-state index contributed by atoms with van der Waals surface area (Å²) < 4.78 is 1.82. The number of aromatic nitrogens is 2. The maximum atomic E-state index is 13.5. The molecular weight excluding hydrogens is 360 g/mol. The smallest absolute Gasteiger partial charge is 0.257 e. The zero-order valence-electron chi connectivity index (χ0n) is 16.6. The maximum absolute atomic E-state index is 13.5. The monoisotopic (exact) mass is 386 g/mol. The molecule has 1 aromatic heterocycles. The SMILES string of the molecule is O=C(c1cn(-c2ccccc2)nc1-c1ccccc1)N1CCC(N2CCCC2)C1. The van der Waals surface area contributed by atoms with Crippen LogP contribution in [-0.2, 0) is 0 Å². The lowest BCUT2D eigenvalue weighted by Crippen LogP contribution is -2.37. The molecule has 5 heteroatoms. The highest BCUT2D eigenvalue weighted by atomic mass is 16.2. The molecule has 3 aromatic rings. The molecule has 1 unspecified atom stereocenters. The van der Waals surface area contributed by atoms with Crippen LogP contribution in [0.25, 0.3) is 16.9 Å². The van der Waals surface area contributed by atoms with Gasteiger partial charge in [0.05, 0.1) is 11.3 Å². The molecule has 2 fully saturated rings. The first kappa shape index (κ1) is 18.1. The fourth-order valence-corrected chi connectivity index (χ4v) is 4.55. The first-order chi connectivity index (χ1) is 14.3. The van der Waals surface area contributed by atoms with Crippen LogP contribution in [0, 0.1) is 0 Å². The Morgan fingerprint density at radius 2 is 1.59 bits per heavy atom. The van der Waals surface area contributed by atoms with Gasteiger partial charge in [0, 0.05) is 30.9 Å². The van der Waals surface area contributed by atoms with E-state index in [4.69, 9.17) is 5.10 Å². The predicted octanol–water partition coefficient (Wildman–Crippen LogP) is 3.85. The van der Waals surface area contributed by atoms with Crippen LogP contribution in [-0.4, -0.2) is 57.7 Å². The van der Waals surface area contributed by atoms with Crippen molar-refractivity contribution >= 4 is 5.91 Å². The van der Waals surface area contributed by atoms with Crippen molar-refractivity contribution in [3.8, 4) is 16.9 Å². The molecule has 148 valence electrons. The summed E-state index contributed by atoms with van der Waals surface area (Å²) in [5.74, 6) is 0.0905. The minimum Gasteiger partial charge on any atom is -0.337 e. The summed E-state index contributed by atoms with van der Waals surface area (Å²) in [6.07, 6.45) is 5.53. The topological polar surface area (TPSA) is 41.4 Å². The van der Waals surface area contributed by atoms with Crippen LogP contribution in [0.3, 0.4) is 0 Å². The van der Waals surface area contributed by atoms with Gasteiger partial charge in [0.25, 0.3) is 5.91 Å². The van der Waals surface area contributed by atoms with E-state index in [0.717, 1.165) is 36.5 Å². The first-order valence-corrected chi connectivity index (χ1v) is 10.5. The number of benzene rings is 2. The van der Waals surface area contributed by atoms with Crippen molar-refractivity contribution in [1.82, 2.24) is 19.6 Å². The van der Waals surface area contributed by atoms with E-state index in [1.165, 1.54) is 25.9 Å². The Morgan fingerprint density at radius 3 is 2.31 bits per heavy atom. The van der Waals surface area contributed by atoms with Gasteiger partial charge in [-0.3, -0.25) is 9.69 Å². The number of likely N-dealkylation sites (tertiary alicyclic amines) is 2. The maximum Gasteiger partial charge on any atom is 0.257 e. The molecule has 29 heavy (non-hydrogen) atoms. The van der Waals surface area contributed by atoms with Gasteiger partial charge in [-0.25, -0.2) is 4.68 Å². The molecule has 2 aliphatic heterocycles. The number of hydrogen-bond donors (Lipinski definition) is 0. The molecule has 0 aliphatic carbocycles. The second kappa shape index (κ2) is 7.84. The summed E-state index contributed by atoms with van der Waals surface area (Å²) in [4.78, 5) is 18.1. The molecule has 0 saturated carbocycles. The Labute approximate surface area is 171 Å². The highest BCUT2D eigenvalue weighted by Crippen LogP contribution is 2.27. The standard InChI is InChI=1S/C24H26N4O/c29-24(27-16-13-21(17-27)26-14-7-8-15-26)22-18-28(20-11-5-2-6-12-20)25-23(22)19-9-3-1-4-10-19/h1-6,9-12,18,21H,7-8,13-17H2. The van der Waals surface area contributed by atoms with E-state index in [0.29, 0.717) is 11.6 Å². The van der Waals surface area contributed by atoms with E-state index < -0.39 is 0 Å². The van der Waals surface area contributed by atoms with Gasteiger partial charge in [0.1, 0.15) is 5.69 Å². The van der Waals surface area contributed by atoms with Gasteiger partial charge in [-0.15, -0.1) is 0 Å². The number of rotatable bonds is 4. The lowest BCUT2D eigenvalue weighted by molar-refractivity contribution is 0.0781. The van der Waals surface area contributed by atoms with Crippen LogP contribution in [0.2, 0.25) is 0 Å². The molecule has 2 aliphatic rings. The van der Waals surface area contributed by atoms with E-state index in [-0.39, 0.29) is 5.91 Å². The van der Waals surface area contributed by atoms with E-state index in [9.17, 15) is 4.79 Å². The summed E-state index contributed by atoms with van der Waals surface area (Å²) >= 11 is 0. The molecule has 5 rings (SSSR count). The van der Waals surface area contributed by atoms with Crippen LogP contribution < -0.4 is 0 Å². The average molecular weight is 386 g/mol. The van der Waals surface area contributed by atoms with Crippen molar-refractivity contribution in [3.05, 3.63) is 72.4 Å². The summed E-state index contributed by atoms with van der Waals surface area (Å²) in [6, 6.07) is 20.5. The van der Waals surface area contributed by atoms with Crippen LogP contribution in [0.1, 0.15) is 29.6 Å². The third-order valence-electron chi connectivity index (χ3n) is 6.12. The van der Waals surface area contributed by atoms with Gasteiger partial charge in [0.15, 0.2) is 0 Å². The summed E-state index contributed by atoms with van der Waals surface area (Å²) in [5.41, 5.74) is 3.37. The lowest BCUT2D eigenvalue weighted by Gasteiger charge is -2.23. The molecule has 0 radical (unpaired) electrons. The average Bonchev–Trinajstić information content (AvgIpc) is 3.55. The molecule has 2 aromatic carbocycles. The molecule has 0 spiro atoms. The number of nitrogens with zero attached hydrogens (tertiary/aromatic N) is 4. The van der Waals surface area contributed by atoms with Crippen molar-refractivity contribution < 1.29 is 4.79 Å². The summed E-state index contributed by atoms with van der Waals surface area (Å²) in [6.45, 7) is 4.00. The summed E-state index contributed by atoms with van der Waals surface area (Å²) in [5, 5.41) is 4.80. The van der Waals surface area contributed by atoms with Gasteiger partial charge in [-0.05, 0) is 44.5 Å². The van der Waals surface area contributed by atoms with E-state index in [1.54, 1.807) is 0 Å². The van der Waals surface area contributed by atoms with Crippen LogP contribution in [0.4, 0.5) is 0 Å². The normalized spacial score (nSPS) is 19.7. The van der Waals surface area contributed by atoms with E-state index >= 15 is 0 Å². The fraction of sp³-hybridized carbons (Fsp3) is 0.333. The van der Waals surface area contributed by atoms with Crippen molar-refractivity contribution in [3.63, 3.8) is 0 Å². The second-order valence-electron chi connectivity index (χ2n) is 7.97. The predicted molar refractivity (Wildman–Crippen MR) is 114 cm³/mol. The number of para-hydroxylation sites is 1. The van der Waals surface area contributed by atoms with Crippen molar-refractivity contribution in [1.29, 1.82) is 0 Å². The lowest BCUT2D eigenvalue weighted by atomic mass is 10.1. The zero-order valence-corrected chi connectivity index (χ0v) is 16.6. The van der Waals surface area contributed by atoms with Crippen molar-refractivity contribution in [2.45, 2.75) is 25.3 Å². The molecule has 1 atom stereocenters. The van der Waals surface area contributed by atoms with Crippen molar-refractivity contribution in [2.75, 3.05) is 26.2 Å². The van der Waals surface area contributed by atoms with E-state index in [1.807, 2.05) is 76.4 Å². The fourth-order valence-electron chi connectivity index (χ4n) is 4.55. The highest BCUT2D eigenvalue weighted by molar-refractivity contribution is 6.00. The Kier molecular flexibility index (Phi) is 4.90. The van der Waals surface area contributed by atoms with Gasteiger partial charge >= 0.3 is 0 Å². The minimum atomic E-state index is 0.0905. The largest absolute Gasteiger partial charge is 0.337 e. The highest BCUT2D eigenvalue weighted by Gasteiger charge is 2.33. The van der Waals surface area contributed by atoms with Crippen LogP contribution in [0.15, 0.2) is 66.9 Å². The number of carbonyl (C=O) groups excluding carboxylic acids is 1. The quantitative estimate of drug-likeness (QED) is 0.684.